The van der Waals surface area contributed by atoms with Gasteiger partial charge in [0.15, 0.2) is 0 Å². The SMILES string of the molecule is CCOP(=O)(c1ccccc1)C1CCCCC1. The lowest BCUT2D eigenvalue weighted by atomic mass is 10.0. The molecule has 0 amide bonds. The summed E-state index contributed by atoms with van der Waals surface area (Å²) in [6.45, 7) is 2.46. The number of rotatable bonds is 4. The van der Waals surface area contributed by atoms with Crippen LogP contribution in [-0.4, -0.2) is 12.3 Å². The highest BCUT2D eigenvalue weighted by Gasteiger charge is 2.36. The quantitative estimate of drug-likeness (QED) is 0.758. The molecular weight excluding hydrogens is 231 g/mol. The second kappa shape index (κ2) is 5.84. The van der Waals surface area contributed by atoms with E-state index in [0.29, 0.717) is 6.61 Å². The maximum atomic E-state index is 13.1. The number of hydrogen-bond donors (Lipinski definition) is 0. The number of benzene rings is 1. The van der Waals surface area contributed by atoms with Gasteiger partial charge >= 0.3 is 0 Å². The summed E-state index contributed by atoms with van der Waals surface area (Å²) in [5.74, 6) is 0. The average molecular weight is 252 g/mol. The molecule has 2 nitrogen and oxygen atoms in total. The molecule has 3 heteroatoms. The van der Waals surface area contributed by atoms with Crippen molar-refractivity contribution >= 4 is 12.7 Å². The van der Waals surface area contributed by atoms with Gasteiger partial charge in [-0.25, -0.2) is 0 Å². The van der Waals surface area contributed by atoms with Crippen LogP contribution in [0.3, 0.4) is 0 Å². The van der Waals surface area contributed by atoms with Crippen molar-refractivity contribution in [2.24, 2.45) is 0 Å². The molecule has 0 aromatic heterocycles. The van der Waals surface area contributed by atoms with Gasteiger partial charge in [0.25, 0.3) is 0 Å². The molecule has 1 aliphatic carbocycles. The smallest absolute Gasteiger partial charge is 0.235 e. The molecule has 1 fully saturated rings. The highest BCUT2D eigenvalue weighted by atomic mass is 31.2. The zero-order valence-corrected chi connectivity index (χ0v) is 11.4. The summed E-state index contributed by atoms with van der Waals surface area (Å²) in [5.41, 5.74) is 0.235. The van der Waals surface area contributed by atoms with E-state index in [1.807, 2.05) is 37.3 Å². The fraction of sp³-hybridized carbons (Fsp3) is 0.571. The lowest BCUT2D eigenvalue weighted by Gasteiger charge is -2.30. The predicted octanol–water partition coefficient (Wildman–Crippen LogP) is 3.96. The van der Waals surface area contributed by atoms with Gasteiger partial charge in [-0.15, -0.1) is 0 Å². The second-order valence-corrected chi connectivity index (χ2v) is 7.34. The minimum Gasteiger partial charge on any atom is -0.325 e. The largest absolute Gasteiger partial charge is 0.325 e. The summed E-state index contributed by atoms with van der Waals surface area (Å²) in [7, 11) is -2.65. The molecule has 17 heavy (non-hydrogen) atoms. The molecule has 1 saturated carbocycles. The zero-order valence-electron chi connectivity index (χ0n) is 10.5. The Hall–Kier alpha value is -0.590. The van der Waals surface area contributed by atoms with Gasteiger partial charge < -0.3 is 4.52 Å². The topological polar surface area (TPSA) is 26.3 Å². The van der Waals surface area contributed by atoms with Crippen molar-refractivity contribution < 1.29 is 9.09 Å². The van der Waals surface area contributed by atoms with E-state index in [9.17, 15) is 4.57 Å². The fourth-order valence-electron chi connectivity index (χ4n) is 2.64. The van der Waals surface area contributed by atoms with Crippen molar-refractivity contribution in [3.63, 3.8) is 0 Å². The van der Waals surface area contributed by atoms with E-state index in [4.69, 9.17) is 4.52 Å². The first-order valence-electron chi connectivity index (χ1n) is 6.57. The van der Waals surface area contributed by atoms with Crippen LogP contribution in [0.5, 0.6) is 0 Å². The van der Waals surface area contributed by atoms with Gasteiger partial charge in [-0.05, 0) is 31.9 Å². The van der Waals surface area contributed by atoms with Crippen LogP contribution in [0.15, 0.2) is 30.3 Å². The number of hydrogen-bond acceptors (Lipinski definition) is 2. The summed E-state index contributed by atoms with van der Waals surface area (Å²) in [6.07, 6.45) is 5.75. The Morgan fingerprint density at radius 3 is 2.41 bits per heavy atom. The van der Waals surface area contributed by atoms with Crippen molar-refractivity contribution in [3.05, 3.63) is 30.3 Å². The van der Waals surface area contributed by atoms with Crippen LogP contribution in [0, 0.1) is 0 Å². The molecule has 2 rings (SSSR count). The standard InChI is InChI=1S/C14H21O2P/c1-2-16-17(15,13-9-5-3-6-10-13)14-11-7-4-8-12-14/h3,5-6,9-10,14H,2,4,7-8,11-12H2,1H3. The molecular formula is C14H21O2P. The van der Waals surface area contributed by atoms with Crippen LogP contribution >= 0.6 is 7.37 Å². The summed E-state index contributed by atoms with van der Waals surface area (Å²) < 4.78 is 18.9. The molecule has 0 heterocycles. The first-order valence-corrected chi connectivity index (χ1v) is 8.26. The third-order valence-electron chi connectivity index (χ3n) is 3.49. The maximum Gasteiger partial charge on any atom is 0.235 e. The highest BCUT2D eigenvalue weighted by Crippen LogP contribution is 2.55. The van der Waals surface area contributed by atoms with Gasteiger partial charge in [-0.3, -0.25) is 4.57 Å². The lowest BCUT2D eigenvalue weighted by Crippen LogP contribution is -2.22. The van der Waals surface area contributed by atoms with Crippen molar-refractivity contribution in [1.29, 1.82) is 0 Å². The van der Waals surface area contributed by atoms with E-state index in [1.54, 1.807) is 0 Å². The summed E-state index contributed by atoms with van der Waals surface area (Å²) in [4.78, 5) is 0. The summed E-state index contributed by atoms with van der Waals surface area (Å²) in [5, 5.41) is 0.897. The Bertz CT molecular complexity index is 382. The summed E-state index contributed by atoms with van der Waals surface area (Å²) >= 11 is 0. The average Bonchev–Trinajstić information content (AvgIpc) is 2.41. The Labute approximate surface area is 104 Å². The van der Waals surface area contributed by atoms with E-state index in [0.717, 1.165) is 18.1 Å². The van der Waals surface area contributed by atoms with Gasteiger partial charge in [0, 0.05) is 11.0 Å². The Morgan fingerprint density at radius 2 is 1.82 bits per heavy atom. The van der Waals surface area contributed by atoms with E-state index in [2.05, 4.69) is 0 Å². The molecule has 0 bridgehead atoms. The van der Waals surface area contributed by atoms with Gasteiger partial charge in [0.1, 0.15) is 0 Å². The first-order chi connectivity index (χ1) is 8.27. The Balaban J connectivity index is 2.28. The molecule has 1 aromatic carbocycles. The van der Waals surface area contributed by atoms with Crippen LogP contribution in [0.2, 0.25) is 0 Å². The van der Waals surface area contributed by atoms with Crippen molar-refractivity contribution in [2.75, 3.05) is 6.61 Å². The predicted molar refractivity (Wildman–Crippen MR) is 72.2 cm³/mol. The molecule has 94 valence electrons. The molecule has 1 aliphatic rings. The minimum absolute atomic E-state index is 0.235. The molecule has 0 radical (unpaired) electrons. The van der Waals surface area contributed by atoms with Gasteiger partial charge in [0.05, 0.1) is 6.61 Å². The monoisotopic (exact) mass is 252 g/mol. The second-order valence-electron chi connectivity index (χ2n) is 4.64. The van der Waals surface area contributed by atoms with Crippen LogP contribution < -0.4 is 5.30 Å². The third-order valence-corrected chi connectivity index (χ3v) is 6.63. The minimum atomic E-state index is -2.65. The van der Waals surface area contributed by atoms with Gasteiger partial charge in [-0.2, -0.15) is 0 Å². The van der Waals surface area contributed by atoms with Gasteiger partial charge in [0.2, 0.25) is 7.37 Å². The Morgan fingerprint density at radius 1 is 1.18 bits per heavy atom. The van der Waals surface area contributed by atoms with Gasteiger partial charge in [-0.1, -0.05) is 37.5 Å². The molecule has 0 spiro atoms. The molecule has 1 aromatic rings. The van der Waals surface area contributed by atoms with Crippen LogP contribution in [0.1, 0.15) is 39.0 Å². The molecule has 0 aliphatic heterocycles. The first kappa shape index (κ1) is 12.9. The third kappa shape index (κ3) is 2.81. The van der Waals surface area contributed by atoms with E-state index >= 15 is 0 Å². The fourth-order valence-corrected chi connectivity index (χ4v) is 5.44. The molecule has 0 N–H and O–H groups in total. The highest BCUT2D eigenvalue weighted by molar-refractivity contribution is 7.67. The lowest BCUT2D eigenvalue weighted by molar-refractivity contribution is 0.322. The Kier molecular flexibility index (Phi) is 4.42. The van der Waals surface area contributed by atoms with Crippen molar-refractivity contribution in [1.82, 2.24) is 0 Å². The van der Waals surface area contributed by atoms with Crippen LogP contribution in [-0.2, 0) is 9.09 Å². The van der Waals surface area contributed by atoms with Crippen LogP contribution in [0.25, 0.3) is 0 Å². The maximum absolute atomic E-state index is 13.1. The van der Waals surface area contributed by atoms with Crippen molar-refractivity contribution in [3.8, 4) is 0 Å². The molecule has 1 unspecified atom stereocenters. The van der Waals surface area contributed by atoms with E-state index < -0.39 is 7.37 Å². The van der Waals surface area contributed by atoms with Crippen LogP contribution in [0.4, 0.5) is 0 Å². The molecule has 0 saturated heterocycles. The zero-order chi connectivity index (χ0) is 12.1. The van der Waals surface area contributed by atoms with E-state index in [-0.39, 0.29) is 5.66 Å². The van der Waals surface area contributed by atoms with E-state index in [1.165, 1.54) is 19.3 Å². The normalized spacial score (nSPS) is 21.0. The summed E-state index contributed by atoms with van der Waals surface area (Å²) in [6, 6.07) is 9.75. The molecule has 1 atom stereocenters. The van der Waals surface area contributed by atoms with Crippen molar-refractivity contribution in [2.45, 2.75) is 44.7 Å².